The molecule has 0 N–H and O–H groups in total. The highest BCUT2D eigenvalue weighted by molar-refractivity contribution is 5.85. The van der Waals surface area contributed by atoms with Crippen molar-refractivity contribution >= 4 is 5.97 Å². The number of pyridine rings is 1. The van der Waals surface area contributed by atoms with E-state index in [0.717, 1.165) is 11.1 Å². The van der Waals surface area contributed by atoms with Crippen LogP contribution in [0, 0.1) is 13.8 Å². The van der Waals surface area contributed by atoms with Crippen LogP contribution < -0.4 is 0 Å². The lowest BCUT2D eigenvalue weighted by Gasteiger charge is -2.08. The lowest BCUT2D eigenvalue weighted by molar-refractivity contribution is -0.146. The summed E-state index contributed by atoms with van der Waals surface area (Å²) in [4.78, 5) is 20.7. The van der Waals surface area contributed by atoms with Crippen molar-refractivity contribution in [3.8, 4) is 11.5 Å². The average Bonchev–Trinajstić information content (AvgIpc) is 3.12. The molecule has 2 aromatic rings. The zero-order chi connectivity index (χ0) is 15.0. The number of aryl methyl sites for hydroxylation is 2. The van der Waals surface area contributed by atoms with E-state index in [4.69, 9.17) is 9.26 Å². The summed E-state index contributed by atoms with van der Waals surface area (Å²) < 4.78 is 10.4. The minimum absolute atomic E-state index is 0.284. The van der Waals surface area contributed by atoms with Crippen LogP contribution in [0.5, 0.6) is 0 Å². The van der Waals surface area contributed by atoms with E-state index in [1.54, 1.807) is 13.1 Å². The van der Waals surface area contributed by atoms with E-state index in [9.17, 15) is 4.79 Å². The van der Waals surface area contributed by atoms with Gasteiger partial charge in [0, 0.05) is 6.20 Å². The maximum atomic E-state index is 12.0. The molecule has 2 heterocycles. The fourth-order valence-electron chi connectivity index (χ4n) is 2.36. The molecular formula is C15H17N3O3. The third-order valence-corrected chi connectivity index (χ3v) is 3.68. The molecule has 1 fully saturated rings. The van der Waals surface area contributed by atoms with Crippen molar-refractivity contribution in [2.24, 2.45) is 0 Å². The van der Waals surface area contributed by atoms with Crippen molar-refractivity contribution in [3.05, 3.63) is 29.3 Å². The monoisotopic (exact) mass is 287 g/mol. The zero-order valence-corrected chi connectivity index (χ0v) is 12.3. The third kappa shape index (κ3) is 2.30. The van der Waals surface area contributed by atoms with Crippen LogP contribution in [-0.2, 0) is 14.9 Å². The Hall–Kier alpha value is -2.24. The van der Waals surface area contributed by atoms with E-state index in [0.29, 0.717) is 36.9 Å². The van der Waals surface area contributed by atoms with Crippen molar-refractivity contribution in [2.75, 3.05) is 6.61 Å². The third-order valence-electron chi connectivity index (χ3n) is 3.68. The number of esters is 1. The second kappa shape index (κ2) is 4.95. The minimum Gasteiger partial charge on any atom is -0.465 e. The molecule has 1 aliphatic carbocycles. The Morgan fingerprint density at radius 1 is 1.43 bits per heavy atom. The molecule has 0 saturated heterocycles. The van der Waals surface area contributed by atoms with E-state index < -0.39 is 5.41 Å². The number of rotatable bonds is 4. The number of carbonyl (C=O) groups is 1. The van der Waals surface area contributed by atoms with Crippen LogP contribution >= 0.6 is 0 Å². The van der Waals surface area contributed by atoms with Crippen LogP contribution in [0.1, 0.15) is 36.8 Å². The number of aromatic nitrogens is 3. The van der Waals surface area contributed by atoms with Gasteiger partial charge in [0.25, 0.3) is 0 Å². The Labute approximate surface area is 122 Å². The molecule has 1 saturated carbocycles. The Kier molecular flexibility index (Phi) is 3.23. The lowest BCUT2D eigenvalue weighted by atomic mass is 10.1. The SMILES string of the molecule is CCOC(=O)C1(c2nc(-c3ncc(C)cc3C)no2)CC1. The molecular weight excluding hydrogens is 270 g/mol. The van der Waals surface area contributed by atoms with Gasteiger partial charge in [-0.15, -0.1) is 0 Å². The topological polar surface area (TPSA) is 78.1 Å². The maximum absolute atomic E-state index is 12.0. The molecule has 0 spiro atoms. The number of nitrogens with zero attached hydrogens (tertiary/aromatic N) is 3. The molecule has 0 aromatic carbocycles. The Morgan fingerprint density at radius 3 is 2.81 bits per heavy atom. The molecule has 0 radical (unpaired) electrons. The molecule has 110 valence electrons. The molecule has 0 unspecified atom stereocenters. The van der Waals surface area contributed by atoms with Crippen molar-refractivity contribution in [1.29, 1.82) is 0 Å². The smallest absolute Gasteiger partial charge is 0.321 e. The zero-order valence-electron chi connectivity index (χ0n) is 12.3. The fourth-order valence-corrected chi connectivity index (χ4v) is 2.36. The van der Waals surface area contributed by atoms with Gasteiger partial charge in [0.2, 0.25) is 11.7 Å². The van der Waals surface area contributed by atoms with Crippen LogP contribution in [-0.4, -0.2) is 27.7 Å². The number of hydrogen-bond donors (Lipinski definition) is 0. The van der Waals surface area contributed by atoms with Crippen molar-refractivity contribution in [2.45, 2.75) is 39.0 Å². The summed E-state index contributed by atoms with van der Waals surface area (Å²) in [6.45, 7) is 6.06. The van der Waals surface area contributed by atoms with Crippen LogP contribution in [0.2, 0.25) is 0 Å². The van der Waals surface area contributed by atoms with Gasteiger partial charge in [-0.05, 0) is 44.7 Å². The van der Waals surface area contributed by atoms with Gasteiger partial charge in [-0.25, -0.2) is 0 Å². The molecule has 1 aliphatic rings. The number of hydrogen-bond acceptors (Lipinski definition) is 6. The molecule has 6 heteroatoms. The molecule has 3 rings (SSSR count). The van der Waals surface area contributed by atoms with Crippen LogP contribution in [0.15, 0.2) is 16.8 Å². The molecule has 21 heavy (non-hydrogen) atoms. The highest BCUT2D eigenvalue weighted by Gasteiger charge is 2.57. The van der Waals surface area contributed by atoms with Crippen LogP contribution in [0.25, 0.3) is 11.5 Å². The average molecular weight is 287 g/mol. The quantitative estimate of drug-likeness (QED) is 0.803. The number of carbonyl (C=O) groups excluding carboxylic acids is 1. The predicted molar refractivity (Wildman–Crippen MR) is 74.5 cm³/mol. The van der Waals surface area contributed by atoms with E-state index in [2.05, 4.69) is 15.1 Å². The lowest BCUT2D eigenvalue weighted by Crippen LogP contribution is -2.23. The molecule has 2 aromatic heterocycles. The highest BCUT2D eigenvalue weighted by atomic mass is 16.5. The van der Waals surface area contributed by atoms with E-state index >= 15 is 0 Å². The second-order valence-electron chi connectivity index (χ2n) is 5.40. The van der Waals surface area contributed by atoms with Crippen molar-refractivity contribution in [3.63, 3.8) is 0 Å². The van der Waals surface area contributed by atoms with Gasteiger partial charge in [-0.3, -0.25) is 9.78 Å². The first-order valence-electron chi connectivity index (χ1n) is 7.02. The van der Waals surface area contributed by atoms with Gasteiger partial charge in [0.05, 0.1) is 6.61 Å². The van der Waals surface area contributed by atoms with Gasteiger partial charge in [-0.1, -0.05) is 11.2 Å². The maximum Gasteiger partial charge on any atom is 0.321 e. The predicted octanol–water partition coefficient (Wildman–Crippen LogP) is 2.34. The molecule has 0 amide bonds. The van der Waals surface area contributed by atoms with E-state index in [-0.39, 0.29) is 5.97 Å². The number of ether oxygens (including phenoxy) is 1. The van der Waals surface area contributed by atoms with Crippen molar-refractivity contribution in [1.82, 2.24) is 15.1 Å². The first-order chi connectivity index (χ1) is 10.1. The molecule has 6 nitrogen and oxygen atoms in total. The van der Waals surface area contributed by atoms with Gasteiger partial charge in [0.15, 0.2) is 0 Å². The van der Waals surface area contributed by atoms with Crippen LogP contribution in [0.4, 0.5) is 0 Å². The second-order valence-corrected chi connectivity index (χ2v) is 5.40. The Bertz CT molecular complexity index is 689. The van der Waals surface area contributed by atoms with E-state index in [1.165, 1.54) is 0 Å². The first-order valence-corrected chi connectivity index (χ1v) is 7.02. The largest absolute Gasteiger partial charge is 0.465 e. The summed E-state index contributed by atoms with van der Waals surface area (Å²) in [5.74, 6) is 0.463. The van der Waals surface area contributed by atoms with Crippen molar-refractivity contribution < 1.29 is 14.1 Å². The minimum atomic E-state index is -0.736. The Morgan fingerprint density at radius 2 is 2.19 bits per heavy atom. The van der Waals surface area contributed by atoms with E-state index in [1.807, 2.05) is 19.9 Å². The van der Waals surface area contributed by atoms with Crippen LogP contribution in [0.3, 0.4) is 0 Å². The molecule has 0 bridgehead atoms. The summed E-state index contributed by atoms with van der Waals surface area (Å²) in [5.41, 5.74) is 1.99. The highest BCUT2D eigenvalue weighted by Crippen LogP contribution is 2.48. The van der Waals surface area contributed by atoms with Gasteiger partial charge in [0.1, 0.15) is 11.1 Å². The van der Waals surface area contributed by atoms with Gasteiger partial charge < -0.3 is 9.26 Å². The van der Waals surface area contributed by atoms with Gasteiger partial charge in [-0.2, -0.15) is 4.98 Å². The summed E-state index contributed by atoms with van der Waals surface area (Å²) in [7, 11) is 0. The Balaban J connectivity index is 1.92. The normalized spacial score (nSPS) is 15.8. The van der Waals surface area contributed by atoms with Gasteiger partial charge >= 0.3 is 5.97 Å². The first kappa shape index (κ1) is 13.7. The molecule has 0 aliphatic heterocycles. The molecule has 0 atom stereocenters. The fraction of sp³-hybridized carbons (Fsp3) is 0.467. The summed E-state index contributed by atoms with van der Waals surface area (Å²) in [6.07, 6.45) is 3.14. The summed E-state index contributed by atoms with van der Waals surface area (Å²) >= 11 is 0. The standard InChI is InChI=1S/C15H17N3O3/c1-4-20-14(19)15(5-6-15)13-17-12(18-21-13)11-10(3)7-9(2)8-16-11/h7-8H,4-6H2,1-3H3. The summed E-state index contributed by atoms with van der Waals surface area (Å²) in [5, 5.41) is 3.97. The summed E-state index contributed by atoms with van der Waals surface area (Å²) in [6, 6.07) is 2.01.